The normalized spacial score (nSPS) is 12.6. The number of nitrogens with zero attached hydrogens (tertiary/aromatic N) is 1. The molecule has 36 heavy (non-hydrogen) atoms. The monoisotopic (exact) mass is 498 g/mol. The zero-order valence-electron chi connectivity index (χ0n) is 19.5. The van der Waals surface area contributed by atoms with Crippen LogP contribution in [0.3, 0.4) is 0 Å². The summed E-state index contributed by atoms with van der Waals surface area (Å²) in [7, 11) is 0. The van der Waals surface area contributed by atoms with Gasteiger partial charge in [-0.05, 0) is 73.2 Å². The van der Waals surface area contributed by atoms with Gasteiger partial charge in [0.2, 0.25) is 0 Å². The predicted octanol–water partition coefficient (Wildman–Crippen LogP) is 6.02. The van der Waals surface area contributed by atoms with Gasteiger partial charge in [0.25, 0.3) is 11.8 Å². The summed E-state index contributed by atoms with van der Waals surface area (Å²) in [6, 6.07) is 22.9. The maximum Gasteiger partial charge on any atom is 0.261 e. The average molecular weight is 499 g/mol. The quantitative estimate of drug-likeness (QED) is 0.223. The van der Waals surface area contributed by atoms with Crippen LogP contribution in [0.5, 0.6) is 0 Å². The Morgan fingerprint density at radius 2 is 1.56 bits per heavy atom. The van der Waals surface area contributed by atoms with Crippen LogP contribution >= 0.6 is 12.2 Å². The molecule has 0 aliphatic carbocycles. The minimum Gasteiger partial charge on any atom is -0.380 e. The largest absolute Gasteiger partial charge is 0.380 e. The third kappa shape index (κ3) is 4.38. The molecule has 180 valence electrons. The van der Waals surface area contributed by atoms with Crippen molar-refractivity contribution >= 4 is 57.0 Å². The number of nitrogens with one attached hydrogen (secondary N) is 3. The zero-order chi connectivity index (χ0) is 25.2. The molecule has 2 amide bonds. The first-order chi connectivity index (χ1) is 17.5. The first-order valence-corrected chi connectivity index (χ1v) is 11.9. The van der Waals surface area contributed by atoms with Gasteiger partial charge in [0.05, 0.1) is 0 Å². The number of hydrogen-bond acceptors (Lipinski definition) is 4. The Morgan fingerprint density at radius 3 is 2.31 bits per heavy atom. The summed E-state index contributed by atoms with van der Waals surface area (Å²) in [5.74, 6) is -0.852. The Bertz CT molecular complexity index is 1480. The van der Waals surface area contributed by atoms with E-state index in [1.54, 1.807) is 31.2 Å². The lowest BCUT2D eigenvalue weighted by Gasteiger charge is -2.27. The standard InChI is InChI=1S/C28H23FN4O2S/c1-2-33-26(34)21-8-5-7-20-24(15-14-22(25(20)21)27(33)35)30-16-17-6-3-4-9-23(17)32-28(36)31-19-12-10-18(29)11-13-19/h3-15,30H,2,16H2,1H3,(H2,31,32,36). The summed E-state index contributed by atoms with van der Waals surface area (Å²) < 4.78 is 13.2. The molecule has 1 aliphatic rings. The van der Waals surface area contributed by atoms with Gasteiger partial charge in [-0.1, -0.05) is 30.3 Å². The molecule has 1 aliphatic heterocycles. The molecule has 0 aromatic heterocycles. The van der Waals surface area contributed by atoms with E-state index < -0.39 is 0 Å². The van der Waals surface area contributed by atoms with Gasteiger partial charge in [0.15, 0.2) is 5.11 Å². The van der Waals surface area contributed by atoms with Crippen LogP contribution in [0.2, 0.25) is 0 Å². The van der Waals surface area contributed by atoms with E-state index in [0.29, 0.717) is 40.4 Å². The van der Waals surface area contributed by atoms with E-state index in [9.17, 15) is 14.0 Å². The first-order valence-electron chi connectivity index (χ1n) is 11.5. The SMILES string of the molecule is CCN1C(=O)c2cccc3c(NCc4ccccc4NC(=S)Nc4ccc(F)cc4)ccc(c23)C1=O. The smallest absolute Gasteiger partial charge is 0.261 e. The molecule has 3 N–H and O–H groups in total. The highest BCUT2D eigenvalue weighted by Crippen LogP contribution is 2.34. The number of anilines is 3. The van der Waals surface area contributed by atoms with Crippen LogP contribution in [-0.4, -0.2) is 28.4 Å². The lowest BCUT2D eigenvalue weighted by atomic mass is 9.93. The van der Waals surface area contributed by atoms with Crippen molar-refractivity contribution in [2.75, 3.05) is 22.5 Å². The fourth-order valence-corrected chi connectivity index (χ4v) is 4.62. The number of benzene rings is 4. The lowest BCUT2D eigenvalue weighted by Crippen LogP contribution is -2.40. The molecule has 6 nitrogen and oxygen atoms in total. The van der Waals surface area contributed by atoms with Crippen LogP contribution in [0.25, 0.3) is 10.8 Å². The molecule has 0 spiro atoms. The lowest BCUT2D eigenvalue weighted by molar-refractivity contribution is 0.0619. The van der Waals surface area contributed by atoms with Gasteiger partial charge in [-0.3, -0.25) is 14.5 Å². The number of halogens is 1. The van der Waals surface area contributed by atoms with E-state index in [0.717, 1.165) is 22.3 Å². The number of amides is 2. The zero-order valence-corrected chi connectivity index (χ0v) is 20.3. The molecule has 0 radical (unpaired) electrons. The molecule has 0 saturated heterocycles. The molecule has 5 rings (SSSR count). The molecule has 4 aromatic rings. The van der Waals surface area contributed by atoms with Crippen molar-refractivity contribution in [2.45, 2.75) is 13.5 Å². The van der Waals surface area contributed by atoms with Crippen LogP contribution < -0.4 is 16.0 Å². The third-order valence-corrected chi connectivity index (χ3v) is 6.35. The number of carbonyl (C=O) groups is 2. The van der Waals surface area contributed by atoms with Crippen molar-refractivity contribution in [1.29, 1.82) is 0 Å². The highest BCUT2D eigenvalue weighted by atomic mass is 32.1. The van der Waals surface area contributed by atoms with E-state index >= 15 is 0 Å². The minimum atomic E-state index is -0.314. The average Bonchev–Trinajstić information content (AvgIpc) is 2.88. The second-order valence-electron chi connectivity index (χ2n) is 8.34. The first kappa shape index (κ1) is 23.4. The molecule has 0 saturated carbocycles. The fraction of sp³-hybridized carbons (Fsp3) is 0.107. The van der Waals surface area contributed by atoms with Crippen LogP contribution in [0, 0.1) is 5.82 Å². The second kappa shape index (κ2) is 9.75. The molecule has 0 fully saturated rings. The fourth-order valence-electron chi connectivity index (χ4n) is 4.39. The Kier molecular flexibility index (Phi) is 6.35. The molecule has 1 heterocycles. The van der Waals surface area contributed by atoms with Gasteiger partial charge in [-0.25, -0.2) is 4.39 Å². The number of imide groups is 1. The summed E-state index contributed by atoms with van der Waals surface area (Å²) in [4.78, 5) is 27.0. The van der Waals surface area contributed by atoms with Crippen molar-refractivity contribution in [3.05, 3.63) is 101 Å². The van der Waals surface area contributed by atoms with E-state index in [-0.39, 0.29) is 17.6 Å². The minimum absolute atomic E-state index is 0.269. The topological polar surface area (TPSA) is 73.5 Å². The van der Waals surface area contributed by atoms with Crippen molar-refractivity contribution in [1.82, 2.24) is 4.90 Å². The predicted molar refractivity (Wildman–Crippen MR) is 145 cm³/mol. The van der Waals surface area contributed by atoms with Gasteiger partial charge in [-0.15, -0.1) is 0 Å². The Morgan fingerprint density at radius 1 is 0.833 bits per heavy atom. The van der Waals surface area contributed by atoms with E-state index in [1.807, 2.05) is 42.5 Å². The molecule has 0 bridgehead atoms. The highest BCUT2D eigenvalue weighted by Gasteiger charge is 2.32. The summed E-state index contributed by atoms with van der Waals surface area (Å²) >= 11 is 5.44. The van der Waals surface area contributed by atoms with E-state index in [2.05, 4.69) is 16.0 Å². The maximum absolute atomic E-state index is 13.2. The van der Waals surface area contributed by atoms with Crippen molar-refractivity contribution in [2.24, 2.45) is 0 Å². The maximum atomic E-state index is 13.2. The van der Waals surface area contributed by atoms with E-state index in [1.165, 1.54) is 17.0 Å². The van der Waals surface area contributed by atoms with Crippen molar-refractivity contribution in [3.63, 3.8) is 0 Å². The third-order valence-electron chi connectivity index (χ3n) is 6.14. The molecular formula is C28H23FN4O2S. The number of rotatable bonds is 6. The molecule has 0 atom stereocenters. The number of para-hydroxylation sites is 1. The van der Waals surface area contributed by atoms with Gasteiger partial charge in [-0.2, -0.15) is 0 Å². The molecular weight excluding hydrogens is 475 g/mol. The summed E-state index contributed by atoms with van der Waals surface area (Å²) in [5, 5.41) is 11.6. The van der Waals surface area contributed by atoms with Crippen LogP contribution in [0.1, 0.15) is 33.2 Å². The number of carbonyl (C=O) groups excluding carboxylic acids is 2. The highest BCUT2D eigenvalue weighted by molar-refractivity contribution is 7.80. The second-order valence-corrected chi connectivity index (χ2v) is 8.75. The van der Waals surface area contributed by atoms with Gasteiger partial charge in [0, 0.05) is 52.1 Å². The van der Waals surface area contributed by atoms with Crippen molar-refractivity contribution < 1.29 is 14.0 Å². The molecule has 4 aromatic carbocycles. The number of thiocarbonyl (C=S) groups is 1. The van der Waals surface area contributed by atoms with Crippen LogP contribution in [0.15, 0.2) is 78.9 Å². The Labute approximate surface area is 213 Å². The van der Waals surface area contributed by atoms with Gasteiger partial charge < -0.3 is 16.0 Å². The molecule has 0 unspecified atom stereocenters. The number of hydrogen-bond donors (Lipinski definition) is 3. The van der Waals surface area contributed by atoms with Crippen LogP contribution in [-0.2, 0) is 6.54 Å². The Balaban J connectivity index is 1.37. The summed E-state index contributed by atoms with van der Waals surface area (Å²) in [6.45, 7) is 2.60. The van der Waals surface area contributed by atoms with E-state index in [4.69, 9.17) is 12.2 Å². The van der Waals surface area contributed by atoms with Crippen molar-refractivity contribution in [3.8, 4) is 0 Å². The van der Waals surface area contributed by atoms with Gasteiger partial charge in [0.1, 0.15) is 5.82 Å². The summed E-state index contributed by atoms with van der Waals surface area (Å²) in [6.07, 6.45) is 0. The summed E-state index contributed by atoms with van der Waals surface area (Å²) in [5.41, 5.74) is 4.35. The molecule has 8 heteroatoms. The van der Waals surface area contributed by atoms with Crippen LogP contribution in [0.4, 0.5) is 21.5 Å². The Hall–Kier alpha value is -4.30. The van der Waals surface area contributed by atoms with Gasteiger partial charge >= 0.3 is 0 Å².